The van der Waals surface area contributed by atoms with Crippen molar-refractivity contribution >= 4 is 17.5 Å². The van der Waals surface area contributed by atoms with E-state index in [1.54, 1.807) is 6.20 Å². The number of benzene rings is 1. The van der Waals surface area contributed by atoms with E-state index in [1.807, 2.05) is 18.3 Å². The quantitative estimate of drug-likeness (QED) is 0.525. The van der Waals surface area contributed by atoms with Gasteiger partial charge >= 0.3 is 0 Å². The maximum absolute atomic E-state index is 14.4. The lowest BCUT2D eigenvalue weighted by Crippen LogP contribution is -2.50. The monoisotopic (exact) mass is 486 g/mol. The van der Waals surface area contributed by atoms with Gasteiger partial charge in [-0.15, -0.1) is 0 Å². The molecule has 0 radical (unpaired) electrons. The third-order valence-electron chi connectivity index (χ3n) is 8.49. The second kappa shape index (κ2) is 9.36. The molecule has 5 nitrogen and oxygen atoms in total. The van der Waals surface area contributed by atoms with Crippen LogP contribution in [0.1, 0.15) is 60.0 Å². The van der Waals surface area contributed by atoms with Crippen LogP contribution in [-0.2, 0) is 16.6 Å². The Kier molecular flexibility index (Phi) is 6.07. The lowest BCUT2D eigenvalue weighted by molar-refractivity contribution is -0.141. The van der Waals surface area contributed by atoms with Crippen LogP contribution >= 0.6 is 11.6 Å². The summed E-state index contributed by atoms with van der Waals surface area (Å²) < 4.78 is 0. The molecule has 1 spiro atoms. The van der Waals surface area contributed by atoms with Crippen LogP contribution in [0.2, 0.25) is 5.15 Å². The predicted octanol–water partition coefficient (Wildman–Crippen LogP) is 5.07. The van der Waals surface area contributed by atoms with Gasteiger partial charge in [-0.25, -0.2) is 4.98 Å². The molecule has 180 valence electrons. The second-order valence-corrected chi connectivity index (χ2v) is 10.7. The van der Waals surface area contributed by atoms with Crippen molar-refractivity contribution in [3.8, 4) is 0 Å². The molecule has 0 bridgehead atoms. The van der Waals surface area contributed by atoms with Gasteiger partial charge in [0, 0.05) is 43.1 Å². The van der Waals surface area contributed by atoms with Crippen molar-refractivity contribution < 1.29 is 4.79 Å². The third-order valence-corrected chi connectivity index (χ3v) is 8.70. The first-order valence-electron chi connectivity index (χ1n) is 12.8. The normalized spacial score (nSPS) is 28.1. The first-order chi connectivity index (χ1) is 17.2. The summed E-state index contributed by atoms with van der Waals surface area (Å²) in [5.41, 5.74) is 4.55. The summed E-state index contributed by atoms with van der Waals surface area (Å²) >= 11 is 6.24. The maximum atomic E-state index is 14.4. The van der Waals surface area contributed by atoms with Crippen molar-refractivity contribution in [2.75, 3.05) is 19.6 Å². The summed E-state index contributed by atoms with van der Waals surface area (Å²) in [5.74, 6) is 0.595. The number of hydrogen-bond donors (Lipinski definition) is 1. The van der Waals surface area contributed by atoms with Gasteiger partial charge in [0.15, 0.2) is 0 Å². The van der Waals surface area contributed by atoms with E-state index >= 15 is 0 Å². The molecule has 4 heterocycles. The molecule has 1 aromatic carbocycles. The van der Waals surface area contributed by atoms with Crippen molar-refractivity contribution in [3.63, 3.8) is 0 Å². The van der Waals surface area contributed by atoms with Crippen molar-refractivity contribution in [1.82, 2.24) is 20.2 Å². The SMILES string of the molecule is O=C([C@@H]1CNC[C@]12CCCc1nc(Cl)ccc12)N1CC[C@@H](c2ccccc2)C[C@H]1c1cccnc1. The Morgan fingerprint density at radius 3 is 2.77 bits per heavy atom. The van der Waals surface area contributed by atoms with E-state index in [0.29, 0.717) is 17.6 Å². The number of aryl methyl sites for hydroxylation is 1. The number of fused-ring (bicyclic) bond motifs is 2. The van der Waals surface area contributed by atoms with Crippen LogP contribution in [0, 0.1) is 5.92 Å². The zero-order chi connectivity index (χ0) is 23.8. The number of rotatable bonds is 3. The van der Waals surface area contributed by atoms with Crippen LogP contribution in [0.4, 0.5) is 0 Å². The molecule has 2 aromatic heterocycles. The average Bonchev–Trinajstić information content (AvgIpc) is 3.32. The minimum absolute atomic E-state index is 0.0270. The number of carbonyl (C=O) groups is 1. The van der Waals surface area contributed by atoms with Gasteiger partial charge in [-0.3, -0.25) is 9.78 Å². The lowest BCUT2D eigenvalue weighted by atomic mass is 9.65. The number of aromatic nitrogens is 2. The standard InChI is InChI=1S/C29H31ClN4O/c30-27-11-10-23-25(33-27)9-4-13-29(23)19-32-18-24(29)28(35)34-15-12-21(20-6-2-1-3-7-20)16-26(34)22-8-5-14-31-17-22/h1-3,5-8,10-11,14,17,21,24,26,32H,4,9,12-13,15-16,18-19H2/t21-,24+,26+,29+/m1/s1. The van der Waals surface area contributed by atoms with Gasteiger partial charge in [0.2, 0.25) is 5.91 Å². The van der Waals surface area contributed by atoms with Gasteiger partial charge in [-0.05, 0) is 66.8 Å². The van der Waals surface area contributed by atoms with Crippen LogP contribution in [0.25, 0.3) is 0 Å². The van der Waals surface area contributed by atoms with Crippen molar-refractivity contribution in [2.24, 2.45) is 5.92 Å². The smallest absolute Gasteiger partial charge is 0.228 e. The Labute approximate surface area is 211 Å². The highest BCUT2D eigenvalue weighted by Crippen LogP contribution is 2.47. The number of pyridine rings is 2. The Morgan fingerprint density at radius 1 is 1.09 bits per heavy atom. The topological polar surface area (TPSA) is 58.1 Å². The van der Waals surface area contributed by atoms with Crippen molar-refractivity contribution in [3.05, 3.63) is 94.5 Å². The van der Waals surface area contributed by atoms with Gasteiger partial charge in [0.05, 0.1) is 12.0 Å². The van der Waals surface area contributed by atoms with Gasteiger partial charge < -0.3 is 10.2 Å². The van der Waals surface area contributed by atoms with E-state index in [2.05, 4.69) is 62.6 Å². The maximum Gasteiger partial charge on any atom is 0.228 e. The lowest BCUT2D eigenvalue weighted by Gasteiger charge is -2.45. The number of piperidine rings is 1. The highest BCUT2D eigenvalue weighted by molar-refractivity contribution is 6.29. The number of nitrogens with zero attached hydrogens (tertiary/aromatic N) is 3. The summed E-state index contributed by atoms with van der Waals surface area (Å²) in [6.07, 6.45) is 8.61. The molecule has 1 amide bonds. The fraction of sp³-hybridized carbons (Fsp3) is 0.414. The van der Waals surface area contributed by atoms with Gasteiger partial charge in [0.25, 0.3) is 0 Å². The Balaban J connectivity index is 1.34. The van der Waals surface area contributed by atoms with E-state index in [-0.39, 0.29) is 23.3 Å². The predicted molar refractivity (Wildman–Crippen MR) is 137 cm³/mol. The molecule has 4 atom stereocenters. The number of halogens is 1. The molecule has 3 aromatic rings. The summed E-state index contributed by atoms with van der Waals surface area (Å²) in [6.45, 7) is 2.29. The largest absolute Gasteiger partial charge is 0.335 e. The van der Waals surface area contributed by atoms with Crippen molar-refractivity contribution in [1.29, 1.82) is 0 Å². The molecule has 6 heteroatoms. The Bertz CT molecular complexity index is 1200. The fourth-order valence-corrected chi connectivity index (χ4v) is 6.96. The molecule has 0 saturated carbocycles. The minimum atomic E-state index is -0.210. The molecule has 0 unspecified atom stereocenters. The molecular formula is C29H31ClN4O. The minimum Gasteiger partial charge on any atom is -0.335 e. The van der Waals surface area contributed by atoms with Crippen molar-refractivity contribution in [2.45, 2.75) is 49.5 Å². The number of carbonyl (C=O) groups excluding carboxylic acids is 1. The van der Waals surface area contributed by atoms with E-state index < -0.39 is 0 Å². The van der Waals surface area contributed by atoms with E-state index in [0.717, 1.165) is 56.5 Å². The molecule has 35 heavy (non-hydrogen) atoms. The van der Waals surface area contributed by atoms with Crippen LogP contribution < -0.4 is 5.32 Å². The average molecular weight is 487 g/mol. The summed E-state index contributed by atoms with van der Waals surface area (Å²) in [5, 5.41) is 4.11. The molecular weight excluding hydrogens is 456 g/mol. The first-order valence-corrected chi connectivity index (χ1v) is 13.2. The second-order valence-electron chi connectivity index (χ2n) is 10.3. The summed E-state index contributed by atoms with van der Waals surface area (Å²) in [4.78, 5) is 25.6. The zero-order valence-corrected chi connectivity index (χ0v) is 20.6. The van der Waals surface area contributed by atoms with Gasteiger partial charge in [-0.1, -0.05) is 54.1 Å². The number of nitrogens with one attached hydrogen (secondary N) is 1. The van der Waals surface area contributed by atoms with Gasteiger partial charge in [-0.2, -0.15) is 0 Å². The highest BCUT2D eigenvalue weighted by atomic mass is 35.5. The molecule has 2 fully saturated rings. The van der Waals surface area contributed by atoms with E-state index in [9.17, 15) is 4.79 Å². The van der Waals surface area contributed by atoms with Crippen LogP contribution in [0.5, 0.6) is 0 Å². The van der Waals surface area contributed by atoms with Gasteiger partial charge in [0.1, 0.15) is 5.15 Å². The molecule has 1 N–H and O–H groups in total. The third kappa shape index (κ3) is 4.05. The molecule has 3 aliphatic rings. The first kappa shape index (κ1) is 22.7. The van der Waals surface area contributed by atoms with Crippen LogP contribution in [-0.4, -0.2) is 40.4 Å². The molecule has 2 saturated heterocycles. The fourth-order valence-electron chi connectivity index (χ4n) is 6.80. The highest BCUT2D eigenvalue weighted by Gasteiger charge is 2.52. The molecule has 2 aliphatic heterocycles. The van der Waals surface area contributed by atoms with E-state index in [4.69, 9.17) is 11.6 Å². The summed E-state index contributed by atoms with van der Waals surface area (Å²) in [7, 11) is 0. The molecule has 6 rings (SSSR count). The number of hydrogen-bond acceptors (Lipinski definition) is 4. The van der Waals surface area contributed by atoms with Crippen LogP contribution in [0.15, 0.2) is 67.0 Å². The Morgan fingerprint density at radius 2 is 1.94 bits per heavy atom. The van der Waals surface area contributed by atoms with Crippen LogP contribution in [0.3, 0.4) is 0 Å². The zero-order valence-electron chi connectivity index (χ0n) is 19.9. The summed E-state index contributed by atoms with van der Waals surface area (Å²) in [6, 6.07) is 18.9. The van der Waals surface area contributed by atoms with E-state index in [1.165, 1.54) is 11.1 Å². The number of likely N-dealkylation sites (tertiary alicyclic amines) is 1. The number of amides is 1. The molecule has 1 aliphatic carbocycles. The Hall–Kier alpha value is -2.76.